The van der Waals surface area contributed by atoms with Crippen LogP contribution in [0.3, 0.4) is 0 Å². The second kappa shape index (κ2) is 6.39. The van der Waals surface area contributed by atoms with Gasteiger partial charge in [-0.05, 0) is 33.4 Å². The highest BCUT2D eigenvalue weighted by atomic mass is 16.1. The van der Waals surface area contributed by atoms with E-state index in [0.29, 0.717) is 5.82 Å². The summed E-state index contributed by atoms with van der Waals surface area (Å²) in [5.41, 5.74) is 0.153. The van der Waals surface area contributed by atoms with Crippen LogP contribution in [0.25, 0.3) is 0 Å². The number of anilines is 1. The lowest BCUT2D eigenvalue weighted by Crippen LogP contribution is -2.48. The van der Waals surface area contributed by atoms with E-state index in [-0.39, 0.29) is 11.1 Å². The Morgan fingerprint density at radius 3 is 2.70 bits per heavy atom. The molecule has 5 heteroatoms. The summed E-state index contributed by atoms with van der Waals surface area (Å²) in [5.74, 6) is 0.481. The zero-order valence-corrected chi connectivity index (χ0v) is 12.9. The number of aromatic nitrogens is 2. The minimum absolute atomic E-state index is 0.0127. The van der Waals surface area contributed by atoms with E-state index in [2.05, 4.69) is 36.2 Å². The smallest absolute Gasteiger partial charge is 0.293 e. The molecule has 1 aliphatic carbocycles. The zero-order chi connectivity index (χ0) is 14.6. The summed E-state index contributed by atoms with van der Waals surface area (Å²) < 4.78 is 1.73. The highest BCUT2D eigenvalue weighted by Crippen LogP contribution is 2.33. The lowest BCUT2D eigenvalue weighted by atomic mass is 9.96. The van der Waals surface area contributed by atoms with Gasteiger partial charge in [-0.15, -0.1) is 0 Å². The van der Waals surface area contributed by atoms with E-state index in [0.717, 1.165) is 19.5 Å². The second-order valence-electron chi connectivity index (χ2n) is 5.95. The van der Waals surface area contributed by atoms with Crippen molar-refractivity contribution in [2.45, 2.75) is 51.1 Å². The summed E-state index contributed by atoms with van der Waals surface area (Å²) in [6, 6.07) is 0. The van der Waals surface area contributed by atoms with E-state index in [1.165, 1.54) is 25.7 Å². The number of rotatable bonds is 6. The zero-order valence-electron chi connectivity index (χ0n) is 12.9. The fourth-order valence-electron chi connectivity index (χ4n) is 3.05. The molecule has 0 bridgehead atoms. The van der Waals surface area contributed by atoms with Crippen LogP contribution in [0.2, 0.25) is 0 Å². The van der Waals surface area contributed by atoms with Crippen LogP contribution in [0, 0.1) is 0 Å². The molecule has 0 radical (unpaired) electrons. The molecule has 1 fully saturated rings. The summed E-state index contributed by atoms with van der Waals surface area (Å²) in [6.45, 7) is 3.60. The van der Waals surface area contributed by atoms with E-state index in [1.54, 1.807) is 17.0 Å². The third-order valence-corrected chi connectivity index (χ3v) is 4.45. The first-order valence-corrected chi connectivity index (χ1v) is 7.56. The molecule has 1 N–H and O–H groups in total. The molecule has 0 amide bonds. The van der Waals surface area contributed by atoms with Gasteiger partial charge in [0.05, 0.1) is 0 Å². The first-order valence-electron chi connectivity index (χ1n) is 7.56. The number of hydrogen-bond acceptors (Lipinski definition) is 4. The van der Waals surface area contributed by atoms with Gasteiger partial charge in [0.25, 0.3) is 5.56 Å². The van der Waals surface area contributed by atoms with E-state index in [4.69, 9.17) is 0 Å². The lowest BCUT2D eigenvalue weighted by molar-refractivity contribution is 0.172. The average Bonchev–Trinajstić information content (AvgIpc) is 2.90. The summed E-state index contributed by atoms with van der Waals surface area (Å²) >= 11 is 0. The van der Waals surface area contributed by atoms with Crippen molar-refractivity contribution >= 4 is 5.82 Å². The molecule has 1 aromatic heterocycles. The van der Waals surface area contributed by atoms with E-state index >= 15 is 0 Å². The second-order valence-corrected chi connectivity index (χ2v) is 5.95. The number of likely N-dealkylation sites (N-methyl/N-ethyl adjacent to an activating group) is 1. The number of nitrogens with one attached hydrogen (secondary N) is 1. The standard InChI is InChI=1S/C15H26N4O/c1-4-10-19-11-9-16-13(14(19)20)17-12-15(18(2)3)7-5-6-8-15/h9,11H,4-8,10,12H2,1-3H3,(H,16,17). The quantitative estimate of drug-likeness (QED) is 0.864. The highest BCUT2D eigenvalue weighted by molar-refractivity contribution is 5.32. The molecule has 0 spiro atoms. The maximum absolute atomic E-state index is 12.3. The molecular weight excluding hydrogens is 252 g/mol. The van der Waals surface area contributed by atoms with Crippen molar-refractivity contribution in [1.29, 1.82) is 0 Å². The molecule has 1 saturated carbocycles. The van der Waals surface area contributed by atoms with E-state index in [1.807, 2.05) is 0 Å². The van der Waals surface area contributed by atoms with Gasteiger partial charge in [-0.1, -0.05) is 19.8 Å². The Hall–Kier alpha value is -1.36. The van der Waals surface area contributed by atoms with Crippen LogP contribution >= 0.6 is 0 Å². The van der Waals surface area contributed by atoms with Gasteiger partial charge in [0.2, 0.25) is 0 Å². The van der Waals surface area contributed by atoms with Crippen LogP contribution < -0.4 is 10.9 Å². The predicted molar refractivity (Wildman–Crippen MR) is 82.2 cm³/mol. The molecule has 1 heterocycles. The highest BCUT2D eigenvalue weighted by Gasteiger charge is 2.35. The Balaban J connectivity index is 2.10. The molecule has 0 saturated heterocycles. The van der Waals surface area contributed by atoms with Crippen molar-refractivity contribution in [3.05, 3.63) is 22.7 Å². The van der Waals surface area contributed by atoms with Crippen LogP contribution in [-0.4, -0.2) is 40.6 Å². The minimum atomic E-state index is -0.0127. The fraction of sp³-hybridized carbons (Fsp3) is 0.733. The van der Waals surface area contributed by atoms with Gasteiger partial charge in [-0.2, -0.15) is 0 Å². The largest absolute Gasteiger partial charge is 0.364 e. The van der Waals surface area contributed by atoms with E-state index < -0.39 is 0 Å². The first-order chi connectivity index (χ1) is 9.59. The predicted octanol–water partition coefficient (Wildman–Crippen LogP) is 1.94. The van der Waals surface area contributed by atoms with Gasteiger partial charge >= 0.3 is 0 Å². The summed E-state index contributed by atoms with van der Waals surface area (Å²) in [4.78, 5) is 18.8. The van der Waals surface area contributed by atoms with Gasteiger partial charge in [0, 0.05) is 31.0 Å². The van der Waals surface area contributed by atoms with Crippen molar-refractivity contribution in [2.24, 2.45) is 0 Å². The molecule has 1 aliphatic rings. The van der Waals surface area contributed by atoms with Crippen molar-refractivity contribution < 1.29 is 0 Å². The minimum Gasteiger partial charge on any atom is -0.364 e. The normalized spacial score (nSPS) is 17.6. The third-order valence-electron chi connectivity index (χ3n) is 4.45. The molecule has 5 nitrogen and oxygen atoms in total. The molecule has 0 unspecified atom stereocenters. The fourth-order valence-corrected chi connectivity index (χ4v) is 3.05. The van der Waals surface area contributed by atoms with Crippen molar-refractivity contribution in [3.63, 3.8) is 0 Å². The van der Waals surface area contributed by atoms with Crippen LogP contribution in [0.5, 0.6) is 0 Å². The van der Waals surface area contributed by atoms with Gasteiger partial charge < -0.3 is 14.8 Å². The summed E-state index contributed by atoms with van der Waals surface area (Å²) in [5, 5.41) is 3.29. The van der Waals surface area contributed by atoms with Crippen LogP contribution in [0.15, 0.2) is 17.2 Å². The van der Waals surface area contributed by atoms with Crippen LogP contribution in [-0.2, 0) is 6.54 Å². The Morgan fingerprint density at radius 2 is 2.10 bits per heavy atom. The Kier molecular flexibility index (Phi) is 4.81. The molecule has 0 aromatic carbocycles. The topological polar surface area (TPSA) is 50.2 Å². The Labute approximate surface area is 121 Å². The van der Waals surface area contributed by atoms with Gasteiger partial charge in [-0.25, -0.2) is 4.98 Å². The summed E-state index contributed by atoms with van der Waals surface area (Å²) in [7, 11) is 4.25. The molecular formula is C15H26N4O. The average molecular weight is 278 g/mol. The Bertz CT molecular complexity index is 489. The first kappa shape index (κ1) is 15.0. The van der Waals surface area contributed by atoms with Crippen LogP contribution in [0.1, 0.15) is 39.0 Å². The van der Waals surface area contributed by atoms with Crippen molar-refractivity contribution in [1.82, 2.24) is 14.5 Å². The maximum atomic E-state index is 12.3. The molecule has 20 heavy (non-hydrogen) atoms. The number of nitrogens with zero attached hydrogens (tertiary/aromatic N) is 3. The number of hydrogen-bond donors (Lipinski definition) is 1. The Morgan fingerprint density at radius 1 is 1.40 bits per heavy atom. The molecule has 112 valence electrons. The molecule has 0 atom stereocenters. The van der Waals surface area contributed by atoms with Crippen LogP contribution in [0.4, 0.5) is 5.82 Å². The van der Waals surface area contributed by atoms with Gasteiger partial charge in [0.15, 0.2) is 5.82 Å². The van der Waals surface area contributed by atoms with E-state index in [9.17, 15) is 4.79 Å². The van der Waals surface area contributed by atoms with Crippen molar-refractivity contribution in [3.8, 4) is 0 Å². The maximum Gasteiger partial charge on any atom is 0.293 e. The van der Waals surface area contributed by atoms with Gasteiger partial charge in [-0.3, -0.25) is 4.79 Å². The van der Waals surface area contributed by atoms with Crippen molar-refractivity contribution in [2.75, 3.05) is 26.0 Å². The number of aryl methyl sites for hydroxylation is 1. The van der Waals surface area contributed by atoms with Gasteiger partial charge in [0.1, 0.15) is 0 Å². The summed E-state index contributed by atoms with van der Waals surface area (Å²) in [6.07, 6.45) is 9.31. The third kappa shape index (κ3) is 3.03. The SMILES string of the molecule is CCCn1ccnc(NCC2(N(C)C)CCCC2)c1=O. The molecule has 1 aromatic rings. The lowest BCUT2D eigenvalue weighted by Gasteiger charge is -2.36. The molecule has 0 aliphatic heterocycles. The monoisotopic (exact) mass is 278 g/mol. The molecule has 2 rings (SSSR count).